The average Bonchev–Trinajstić information content (AvgIpc) is 3.27. The lowest BCUT2D eigenvalue weighted by atomic mass is 10.1. The second-order valence-corrected chi connectivity index (χ2v) is 11.8. The van der Waals surface area contributed by atoms with Gasteiger partial charge in [-0.25, -0.2) is 13.2 Å². The molecule has 10 nitrogen and oxygen atoms in total. The Balaban J connectivity index is 1.09. The lowest BCUT2D eigenvalue weighted by molar-refractivity contribution is -0.134. The Bertz CT molecular complexity index is 1510. The summed E-state index contributed by atoms with van der Waals surface area (Å²) in [5.41, 5.74) is 2.45. The molecule has 2 amide bonds. The van der Waals surface area contributed by atoms with Gasteiger partial charge in [-0.1, -0.05) is 17.7 Å². The summed E-state index contributed by atoms with van der Waals surface area (Å²) < 4.78 is 32.8. The van der Waals surface area contributed by atoms with Gasteiger partial charge in [0.2, 0.25) is 21.8 Å². The van der Waals surface area contributed by atoms with Crippen LogP contribution in [0.3, 0.4) is 0 Å². The Morgan fingerprint density at radius 2 is 1.81 bits per heavy atom. The fraction of sp³-hybridized carbons (Fsp3) is 0.400. The van der Waals surface area contributed by atoms with Crippen LogP contribution in [-0.2, 0) is 19.6 Å². The van der Waals surface area contributed by atoms with Crippen molar-refractivity contribution in [3.63, 3.8) is 0 Å². The first-order chi connectivity index (χ1) is 17.2. The molecule has 36 heavy (non-hydrogen) atoms. The van der Waals surface area contributed by atoms with Crippen molar-refractivity contribution in [3.05, 3.63) is 58.6 Å². The molecule has 3 aliphatic rings. The van der Waals surface area contributed by atoms with Crippen LogP contribution >= 0.6 is 0 Å². The predicted molar refractivity (Wildman–Crippen MR) is 131 cm³/mol. The van der Waals surface area contributed by atoms with Crippen molar-refractivity contribution in [2.24, 2.45) is 17.8 Å². The van der Waals surface area contributed by atoms with Gasteiger partial charge in [0, 0.05) is 31.2 Å². The minimum atomic E-state index is -3.76. The van der Waals surface area contributed by atoms with Gasteiger partial charge in [0.05, 0.1) is 10.4 Å². The lowest BCUT2D eigenvalue weighted by Gasteiger charge is -2.28. The summed E-state index contributed by atoms with van der Waals surface area (Å²) in [6.45, 7) is 3.12. The summed E-state index contributed by atoms with van der Waals surface area (Å²) in [4.78, 5) is 42.0. The maximum absolute atomic E-state index is 13.3. The average molecular weight is 511 g/mol. The maximum atomic E-state index is 13.3. The number of hydrogen-bond donors (Lipinski definition) is 2. The number of aromatic amines is 1. The number of oxazole rings is 1. The van der Waals surface area contributed by atoms with Crippen molar-refractivity contribution in [2.45, 2.75) is 30.7 Å². The number of nitrogens with one attached hydrogen (secondary N) is 2. The number of aryl methyl sites for hydroxylation is 1. The van der Waals surface area contributed by atoms with E-state index >= 15 is 0 Å². The molecule has 1 aliphatic carbocycles. The van der Waals surface area contributed by atoms with E-state index in [1.807, 2.05) is 6.92 Å². The zero-order chi connectivity index (χ0) is 25.2. The Kier molecular flexibility index (Phi) is 5.31. The third-order valence-electron chi connectivity index (χ3n) is 7.61. The molecule has 11 heteroatoms. The van der Waals surface area contributed by atoms with E-state index in [9.17, 15) is 22.8 Å². The molecule has 188 valence electrons. The number of hydrogen-bond acceptors (Lipinski definition) is 6. The van der Waals surface area contributed by atoms with Gasteiger partial charge >= 0.3 is 5.76 Å². The molecule has 0 radical (unpaired) electrons. The summed E-state index contributed by atoms with van der Waals surface area (Å²) in [7, 11) is -3.76. The number of H-pyrrole nitrogens is 1. The molecule has 1 aromatic heterocycles. The molecule has 2 aromatic carbocycles. The van der Waals surface area contributed by atoms with Crippen molar-refractivity contribution in [2.75, 3.05) is 25.0 Å². The number of sulfonamides is 1. The smallest absolute Gasteiger partial charge is 0.408 e. The Hall–Kier alpha value is -3.44. The molecule has 4 atom stereocenters. The zero-order valence-corrected chi connectivity index (χ0v) is 20.5. The number of rotatable bonds is 5. The van der Waals surface area contributed by atoms with Crippen LogP contribution < -0.4 is 11.1 Å². The standard InChI is InChI=1S/C25H26N4O6S/c1-14-4-7-16(8-5-14)36(33,34)29-10-2-3-20(29)24(31)28-12-17-18(13-28)22(17)23(30)26-15-6-9-21-19(11-15)27-25(32)35-21/h4-9,11,17-18,20,22H,2-3,10,12-13H2,1H3,(H,26,30)(H,27,32)/t17-,18+,20-,22?/m1/s1. The van der Waals surface area contributed by atoms with Gasteiger partial charge in [-0.15, -0.1) is 0 Å². The fourth-order valence-corrected chi connectivity index (χ4v) is 7.33. The van der Waals surface area contributed by atoms with Crippen molar-refractivity contribution in [1.29, 1.82) is 0 Å². The molecule has 1 unspecified atom stereocenters. The van der Waals surface area contributed by atoms with E-state index < -0.39 is 21.8 Å². The van der Waals surface area contributed by atoms with Crippen LogP contribution in [0.25, 0.3) is 11.1 Å². The highest BCUT2D eigenvalue weighted by molar-refractivity contribution is 7.89. The lowest BCUT2D eigenvalue weighted by Crippen LogP contribution is -2.48. The van der Waals surface area contributed by atoms with Gasteiger partial charge < -0.3 is 14.6 Å². The first-order valence-corrected chi connectivity index (χ1v) is 13.5. The number of aromatic nitrogens is 1. The van der Waals surface area contributed by atoms with Crippen LogP contribution in [0.15, 0.2) is 56.6 Å². The number of nitrogens with zero attached hydrogens (tertiary/aromatic N) is 2. The number of fused-ring (bicyclic) bond motifs is 2. The predicted octanol–water partition coefficient (Wildman–Crippen LogP) is 1.93. The van der Waals surface area contributed by atoms with E-state index in [0.29, 0.717) is 49.3 Å². The second-order valence-electron chi connectivity index (χ2n) is 9.90. The molecule has 2 saturated heterocycles. The van der Waals surface area contributed by atoms with Crippen LogP contribution in [0.2, 0.25) is 0 Å². The van der Waals surface area contributed by atoms with Gasteiger partial charge in [-0.3, -0.25) is 14.6 Å². The summed E-state index contributed by atoms with van der Waals surface area (Å²) in [6.07, 6.45) is 1.14. The second kappa shape index (κ2) is 8.31. The first-order valence-electron chi connectivity index (χ1n) is 12.0. The van der Waals surface area contributed by atoms with E-state index in [1.54, 1.807) is 47.4 Å². The normalized spacial score (nSPS) is 25.8. The van der Waals surface area contributed by atoms with Crippen LogP contribution in [0.1, 0.15) is 18.4 Å². The molecule has 0 spiro atoms. The molecular weight excluding hydrogens is 484 g/mol. The van der Waals surface area contributed by atoms with E-state index in [-0.39, 0.29) is 34.5 Å². The number of carbonyl (C=O) groups is 2. The van der Waals surface area contributed by atoms with E-state index in [2.05, 4.69) is 10.3 Å². The number of piperidine rings is 1. The zero-order valence-electron chi connectivity index (χ0n) is 19.6. The van der Waals surface area contributed by atoms with Crippen molar-refractivity contribution in [1.82, 2.24) is 14.2 Å². The molecule has 3 heterocycles. The van der Waals surface area contributed by atoms with Gasteiger partial charge in [0.1, 0.15) is 6.04 Å². The van der Waals surface area contributed by atoms with Crippen LogP contribution in [0.5, 0.6) is 0 Å². The van der Waals surface area contributed by atoms with Crippen LogP contribution in [0.4, 0.5) is 5.69 Å². The van der Waals surface area contributed by atoms with E-state index in [4.69, 9.17) is 4.42 Å². The number of benzene rings is 2. The van der Waals surface area contributed by atoms with Crippen LogP contribution in [-0.4, -0.2) is 60.1 Å². The van der Waals surface area contributed by atoms with Crippen molar-refractivity contribution in [3.8, 4) is 0 Å². The SMILES string of the molecule is Cc1ccc(S(=O)(=O)N2CCC[C@@H]2C(=O)N2C[C@@H]3C(C(=O)Nc4ccc5oc(=O)[nH]c5c4)[C@@H]3C2)cc1. The number of carbonyl (C=O) groups excluding carboxylic acids is 2. The molecule has 1 saturated carbocycles. The monoisotopic (exact) mass is 510 g/mol. The Labute approximate surface area is 207 Å². The topological polar surface area (TPSA) is 133 Å². The summed E-state index contributed by atoms with van der Waals surface area (Å²) in [5.74, 6) is -0.910. The van der Waals surface area contributed by atoms with Crippen molar-refractivity contribution >= 4 is 38.6 Å². The quantitative estimate of drug-likeness (QED) is 0.539. The first kappa shape index (κ1) is 23.0. The largest absolute Gasteiger partial charge is 0.417 e. The minimum Gasteiger partial charge on any atom is -0.408 e. The highest BCUT2D eigenvalue weighted by Crippen LogP contribution is 2.52. The molecule has 2 aliphatic heterocycles. The Morgan fingerprint density at radius 3 is 2.53 bits per heavy atom. The molecule has 2 N–H and O–H groups in total. The number of likely N-dealkylation sites (tertiary alicyclic amines) is 1. The number of anilines is 1. The number of amides is 2. The van der Waals surface area contributed by atoms with E-state index in [0.717, 1.165) is 5.56 Å². The summed E-state index contributed by atoms with van der Waals surface area (Å²) in [6, 6.07) is 10.9. The van der Waals surface area contributed by atoms with Crippen molar-refractivity contribution < 1.29 is 22.4 Å². The van der Waals surface area contributed by atoms with Gasteiger partial charge in [-0.05, 0) is 61.9 Å². The molecule has 3 fully saturated rings. The van der Waals surface area contributed by atoms with Crippen LogP contribution in [0, 0.1) is 24.7 Å². The fourth-order valence-electron chi connectivity index (χ4n) is 5.68. The van der Waals surface area contributed by atoms with Gasteiger partial charge in [-0.2, -0.15) is 4.31 Å². The van der Waals surface area contributed by atoms with E-state index in [1.165, 1.54) is 4.31 Å². The summed E-state index contributed by atoms with van der Waals surface area (Å²) in [5, 5.41) is 2.89. The Morgan fingerprint density at radius 1 is 1.08 bits per heavy atom. The highest BCUT2D eigenvalue weighted by atomic mass is 32.2. The van der Waals surface area contributed by atoms with Gasteiger partial charge in [0.15, 0.2) is 5.58 Å². The molecule has 6 rings (SSSR count). The maximum Gasteiger partial charge on any atom is 0.417 e. The molecule has 0 bridgehead atoms. The third kappa shape index (κ3) is 3.82. The summed E-state index contributed by atoms with van der Waals surface area (Å²) >= 11 is 0. The third-order valence-corrected chi connectivity index (χ3v) is 9.53. The molecular formula is C25H26N4O6S. The highest BCUT2D eigenvalue weighted by Gasteiger charge is 2.61. The van der Waals surface area contributed by atoms with Gasteiger partial charge in [0.25, 0.3) is 0 Å². The minimum absolute atomic E-state index is 0.0648. The molecule has 3 aromatic rings.